The predicted molar refractivity (Wildman–Crippen MR) is 100 cm³/mol. The summed E-state index contributed by atoms with van der Waals surface area (Å²) in [5, 5.41) is 9.28. The molecule has 0 aliphatic rings. The number of benzene rings is 2. The SMILES string of the molecule is CC(O)Oc1ccc(C#Cc2ccc(Cn3ccnc3)cc2)cc1Br. The normalized spacial score (nSPS) is 11.5. The van der Waals surface area contributed by atoms with Crippen molar-refractivity contribution >= 4 is 15.9 Å². The van der Waals surface area contributed by atoms with Gasteiger partial charge in [-0.05, 0) is 58.7 Å². The predicted octanol–water partition coefficient (Wildman–Crippen LogP) is 3.81. The highest BCUT2D eigenvalue weighted by Gasteiger charge is 2.04. The maximum Gasteiger partial charge on any atom is 0.194 e. The summed E-state index contributed by atoms with van der Waals surface area (Å²) in [6.45, 7) is 2.36. The fourth-order valence-corrected chi connectivity index (χ4v) is 2.76. The molecule has 126 valence electrons. The third-order valence-electron chi connectivity index (χ3n) is 3.46. The molecule has 1 heterocycles. The first kappa shape index (κ1) is 17.3. The minimum atomic E-state index is -0.853. The van der Waals surface area contributed by atoms with Crippen molar-refractivity contribution in [3.63, 3.8) is 0 Å². The first-order valence-electron chi connectivity index (χ1n) is 7.81. The second-order valence-corrected chi connectivity index (χ2v) is 6.40. The van der Waals surface area contributed by atoms with Crippen molar-refractivity contribution in [2.24, 2.45) is 0 Å². The van der Waals surface area contributed by atoms with Gasteiger partial charge in [0.05, 0.1) is 10.8 Å². The van der Waals surface area contributed by atoms with Crippen LogP contribution in [0, 0.1) is 11.8 Å². The number of aliphatic hydroxyl groups excluding tert-OH is 1. The Bertz CT molecular complexity index is 892. The lowest BCUT2D eigenvalue weighted by Gasteiger charge is -2.10. The van der Waals surface area contributed by atoms with Gasteiger partial charge in [-0.25, -0.2) is 4.98 Å². The van der Waals surface area contributed by atoms with E-state index in [0.717, 1.165) is 22.1 Å². The molecule has 2 aromatic carbocycles. The quantitative estimate of drug-likeness (QED) is 0.538. The third-order valence-corrected chi connectivity index (χ3v) is 4.08. The van der Waals surface area contributed by atoms with Crippen LogP contribution in [-0.4, -0.2) is 20.9 Å². The number of hydrogen-bond acceptors (Lipinski definition) is 3. The summed E-state index contributed by atoms with van der Waals surface area (Å²) >= 11 is 3.43. The molecule has 0 bridgehead atoms. The molecule has 1 N–H and O–H groups in total. The van der Waals surface area contributed by atoms with Crippen LogP contribution in [0.4, 0.5) is 0 Å². The monoisotopic (exact) mass is 396 g/mol. The summed E-state index contributed by atoms with van der Waals surface area (Å²) in [5.74, 6) is 6.88. The largest absolute Gasteiger partial charge is 0.464 e. The smallest absolute Gasteiger partial charge is 0.194 e. The molecule has 5 heteroatoms. The first-order valence-corrected chi connectivity index (χ1v) is 8.60. The van der Waals surface area contributed by atoms with Crippen LogP contribution in [0.15, 0.2) is 65.7 Å². The van der Waals surface area contributed by atoms with E-state index in [4.69, 9.17) is 4.74 Å². The van der Waals surface area contributed by atoms with Gasteiger partial charge in [0, 0.05) is 30.1 Å². The Morgan fingerprint density at radius 1 is 1.16 bits per heavy atom. The molecule has 0 amide bonds. The number of halogens is 1. The van der Waals surface area contributed by atoms with E-state index < -0.39 is 6.29 Å². The van der Waals surface area contributed by atoms with Crippen molar-refractivity contribution in [3.8, 4) is 17.6 Å². The number of rotatable bonds is 4. The molecule has 4 nitrogen and oxygen atoms in total. The second-order valence-electron chi connectivity index (χ2n) is 5.54. The van der Waals surface area contributed by atoms with Crippen LogP contribution in [0.2, 0.25) is 0 Å². The number of aromatic nitrogens is 2. The Hall–Kier alpha value is -2.55. The van der Waals surface area contributed by atoms with Crippen molar-refractivity contribution in [3.05, 3.63) is 82.3 Å². The van der Waals surface area contributed by atoms with Gasteiger partial charge in [-0.3, -0.25) is 0 Å². The molecule has 0 spiro atoms. The van der Waals surface area contributed by atoms with Crippen LogP contribution in [-0.2, 0) is 6.54 Å². The van der Waals surface area contributed by atoms with E-state index in [2.05, 4.69) is 44.9 Å². The molecule has 3 rings (SSSR count). The van der Waals surface area contributed by atoms with Crippen molar-refractivity contribution in [2.75, 3.05) is 0 Å². The van der Waals surface area contributed by atoms with Gasteiger partial charge in [0.15, 0.2) is 6.29 Å². The van der Waals surface area contributed by atoms with E-state index in [9.17, 15) is 5.11 Å². The Labute approximate surface area is 155 Å². The van der Waals surface area contributed by atoms with Crippen LogP contribution in [0.1, 0.15) is 23.6 Å². The maximum atomic E-state index is 9.28. The van der Waals surface area contributed by atoms with Crippen LogP contribution >= 0.6 is 15.9 Å². The standard InChI is InChI=1S/C20H17BrN2O2/c1-15(24)25-20-9-8-17(12-19(20)21)5-2-16-3-6-18(7-4-16)13-23-11-10-22-14-23/h3-4,6-12,14-15,24H,13H2,1H3. The van der Waals surface area contributed by atoms with Crippen molar-refractivity contribution in [1.29, 1.82) is 0 Å². The number of imidazole rings is 1. The van der Waals surface area contributed by atoms with Gasteiger partial charge < -0.3 is 14.4 Å². The van der Waals surface area contributed by atoms with Gasteiger partial charge >= 0.3 is 0 Å². The minimum Gasteiger partial charge on any atom is -0.464 e. The van der Waals surface area contributed by atoms with E-state index in [-0.39, 0.29) is 0 Å². The summed E-state index contributed by atoms with van der Waals surface area (Å²) in [7, 11) is 0. The number of ether oxygens (including phenoxy) is 1. The summed E-state index contributed by atoms with van der Waals surface area (Å²) in [6, 6.07) is 13.7. The van der Waals surface area contributed by atoms with E-state index in [0.29, 0.717) is 5.75 Å². The first-order chi connectivity index (χ1) is 12.1. The average molecular weight is 397 g/mol. The lowest BCUT2D eigenvalue weighted by atomic mass is 10.1. The van der Waals surface area contributed by atoms with Gasteiger partial charge in [0.1, 0.15) is 5.75 Å². The second kappa shape index (κ2) is 8.02. The van der Waals surface area contributed by atoms with E-state index in [1.54, 1.807) is 25.5 Å². The summed E-state index contributed by atoms with van der Waals surface area (Å²) in [4.78, 5) is 4.04. The molecule has 1 unspecified atom stereocenters. The highest BCUT2D eigenvalue weighted by Crippen LogP contribution is 2.26. The fourth-order valence-electron chi connectivity index (χ4n) is 2.29. The molecular formula is C20H17BrN2O2. The Morgan fingerprint density at radius 2 is 1.88 bits per heavy atom. The summed E-state index contributed by atoms with van der Waals surface area (Å²) < 4.78 is 8.06. The highest BCUT2D eigenvalue weighted by atomic mass is 79.9. The molecule has 3 aromatic rings. The molecular weight excluding hydrogens is 380 g/mol. The van der Waals surface area contributed by atoms with Gasteiger partial charge in [-0.15, -0.1) is 0 Å². The number of nitrogens with zero attached hydrogens (tertiary/aromatic N) is 2. The molecule has 0 saturated carbocycles. The van der Waals surface area contributed by atoms with Gasteiger partial charge in [0.2, 0.25) is 0 Å². The average Bonchev–Trinajstić information content (AvgIpc) is 3.09. The topological polar surface area (TPSA) is 47.3 Å². The molecule has 0 aliphatic carbocycles. The van der Waals surface area contributed by atoms with Crippen LogP contribution in [0.25, 0.3) is 0 Å². The fraction of sp³-hybridized carbons (Fsp3) is 0.150. The highest BCUT2D eigenvalue weighted by molar-refractivity contribution is 9.10. The Balaban J connectivity index is 1.69. The Kier molecular flexibility index (Phi) is 5.54. The van der Waals surface area contributed by atoms with Crippen molar-refractivity contribution < 1.29 is 9.84 Å². The van der Waals surface area contributed by atoms with Gasteiger partial charge in [-0.2, -0.15) is 0 Å². The molecule has 0 saturated heterocycles. The zero-order valence-corrected chi connectivity index (χ0v) is 15.3. The lowest BCUT2D eigenvalue weighted by molar-refractivity contribution is -0.000864. The van der Waals surface area contributed by atoms with Crippen molar-refractivity contribution in [1.82, 2.24) is 9.55 Å². The third kappa shape index (κ3) is 4.96. The zero-order chi connectivity index (χ0) is 17.6. The van der Waals surface area contributed by atoms with Crippen LogP contribution in [0.5, 0.6) is 5.75 Å². The zero-order valence-electron chi connectivity index (χ0n) is 13.7. The van der Waals surface area contributed by atoms with Crippen molar-refractivity contribution in [2.45, 2.75) is 19.8 Å². The minimum absolute atomic E-state index is 0.587. The molecule has 1 aromatic heterocycles. The van der Waals surface area contributed by atoms with Gasteiger partial charge in [-0.1, -0.05) is 24.0 Å². The van der Waals surface area contributed by atoms with E-state index in [1.165, 1.54) is 5.56 Å². The molecule has 0 aliphatic heterocycles. The van der Waals surface area contributed by atoms with Crippen LogP contribution in [0.3, 0.4) is 0 Å². The lowest BCUT2D eigenvalue weighted by Crippen LogP contribution is -2.09. The van der Waals surface area contributed by atoms with Gasteiger partial charge in [0.25, 0.3) is 0 Å². The molecule has 25 heavy (non-hydrogen) atoms. The number of aliphatic hydroxyl groups is 1. The number of hydrogen-bond donors (Lipinski definition) is 1. The van der Waals surface area contributed by atoms with E-state index >= 15 is 0 Å². The maximum absolute atomic E-state index is 9.28. The molecule has 0 radical (unpaired) electrons. The summed E-state index contributed by atoms with van der Waals surface area (Å²) in [5.41, 5.74) is 3.02. The molecule has 0 fully saturated rings. The molecule has 1 atom stereocenters. The van der Waals surface area contributed by atoms with Crippen LogP contribution < -0.4 is 4.74 Å². The Morgan fingerprint density at radius 3 is 2.52 bits per heavy atom. The summed E-state index contributed by atoms with van der Waals surface area (Å²) in [6.07, 6.45) is 4.66. The van der Waals surface area contributed by atoms with E-state index in [1.807, 2.05) is 35.0 Å².